The van der Waals surface area contributed by atoms with E-state index in [9.17, 15) is 14.9 Å². The van der Waals surface area contributed by atoms with E-state index in [4.69, 9.17) is 5.11 Å². The number of aromatic nitrogens is 2. The second-order valence-electron chi connectivity index (χ2n) is 4.16. The molecule has 2 rings (SSSR count). The van der Waals surface area contributed by atoms with Crippen molar-refractivity contribution in [2.75, 3.05) is 0 Å². The summed E-state index contributed by atoms with van der Waals surface area (Å²) in [6.07, 6.45) is 1.34. The predicted octanol–water partition coefficient (Wildman–Crippen LogP) is 2.10. The van der Waals surface area contributed by atoms with Gasteiger partial charge in [-0.2, -0.15) is 5.10 Å². The Balaban J connectivity index is 2.55. The van der Waals surface area contributed by atoms with Gasteiger partial charge >= 0.3 is 5.97 Å². The molecule has 0 unspecified atom stereocenters. The highest BCUT2D eigenvalue weighted by Gasteiger charge is 2.15. The number of carbonyl (C=O) groups is 1. The fourth-order valence-electron chi connectivity index (χ4n) is 1.78. The van der Waals surface area contributed by atoms with Crippen molar-refractivity contribution in [2.45, 2.75) is 13.8 Å². The number of hydrogen-bond donors (Lipinski definition) is 1. The predicted molar refractivity (Wildman–Crippen MR) is 66.7 cm³/mol. The molecule has 1 N–H and O–H groups in total. The van der Waals surface area contributed by atoms with Gasteiger partial charge in [0.05, 0.1) is 16.3 Å². The number of nitro groups is 1. The minimum Gasteiger partial charge on any atom is -0.478 e. The van der Waals surface area contributed by atoms with E-state index in [0.717, 1.165) is 0 Å². The van der Waals surface area contributed by atoms with Crippen LogP contribution in [0.1, 0.15) is 21.6 Å². The zero-order valence-corrected chi connectivity index (χ0v) is 10.3. The van der Waals surface area contributed by atoms with Gasteiger partial charge in [0.2, 0.25) is 0 Å². The van der Waals surface area contributed by atoms with Gasteiger partial charge in [-0.05, 0) is 25.5 Å². The molecule has 7 nitrogen and oxygen atoms in total. The summed E-state index contributed by atoms with van der Waals surface area (Å²) in [4.78, 5) is 21.3. The van der Waals surface area contributed by atoms with E-state index in [0.29, 0.717) is 16.9 Å². The van der Waals surface area contributed by atoms with E-state index in [1.54, 1.807) is 19.9 Å². The molecular weight excluding hydrogens is 250 g/mol. The lowest BCUT2D eigenvalue weighted by atomic mass is 10.2. The minimum atomic E-state index is -1.08. The highest BCUT2D eigenvalue weighted by molar-refractivity contribution is 5.88. The molecule has 0 radical (unpaired) electrons. The minimum absolute atomic E-state index is 0.0555. The molecule has 2 aromatic rings. The van der Waals surface area contributed by atoms with Crippen molar-refractivity contribution in [3.05, 3.63) is 51.3 Å². The van der Waals surface area contributed by atoms with Crippen LogP contribution < -0.4 is 0 Å². The summed E-state index contributed by atoms with van der Waals surface area (Å²) < 4.78 is 1.33. The first-order valence-corrected chi connectivity index (χ1v) is 5.44. The van der Waals surface area contributed by atoms with Gasteiger partial charge in [0.25, 0.3) is 5.69 Å². The van der Waals surface area contributed by atoms with Crippen LogP contribution in [-0.2, 0) is 0 Å². The van der Waals surface area contributed by atoms with Gasteiger partial charge in [-0.15, -0.1) is 0 Å². The number of aryl methyl sites for hydroxylation is 2. The molecule has 0 spiro atoms. The second-order valence-corrected chi connectivity index (χ2v) is 4.16. The first-order valence-electron chi connectivity index (χ1n) is 5.44. The van der Waals surface area contributed by atoms with Crippen LogP contribution in [0.5, 0.6) is 0 Å². The molecule has 0 aliphatic carbocycles. The maximum absolute atomic E-state index is 10.9. The number of nitrogens with zero attached hydrogens (tertiary/aromatic N) is 3. The van der Waals surface area contributed by atoms with Gasteiger partial charge in [-0.25, -0.2) is 9.48 Å². The van der Waals surface area contributed by atoms with Crippen LogP contribution in [0.4, 0.5) is 5.69 Å². The van der Waals surface area contributed by atoms with Crippen LogP contribution in [0.2, 0.25) is 0 Å². The van der Waals surface area contributed by atoms with E-state index >= 15 is 0 Å². The van der Waals surface area contributed by atoms with Gasteiger partial charge in [0.15, 0.2) is 0 Å². The standard InChI is InChI=1S/C12H11N3O4/c1-7-3-9(5-10(4-7)15(18)19)14-6-11(12(16)17)8(2)13-14/h3-6H,1-2H3,(H,16,17). The van der Waals surface area contributed by atoms with Crippen LogP contribution in [0.15, 0.2) is 24.4 Å². The quantitative estimate of drug-likeness (QED) is 0.673. The summed E-state index contributed by atoms with van der Waals surface area (Å²) in [5, 5.41) is 23.8. The molecule has 0 atom stereocenters. The maximum Gasteiger partial charge on any atom is 0.339 e. The average Bonchev–Trinajstić information content (AvgIpc) is 2.70. The first-order chi connectivity index (χ1) is 8.88. The summed E-state index contributed by atoms with van der Waals surface area (Å²) in [5.41, 5.74) is 1.54. The van der Waals surface area contributed by atoms with E-state index in [2.05, 4.69) is 5.10 Å². The van der Waals surface area contributed by atoms with Crippen LogP contribution in [0.3, 0.4) is 0 Å². The van der Waals surface area contributed by atoms with E-state index < -0.39 is 10.9 Å². The number of hydrogen-bond acceptors (Lipinski definition) is 4. The van der Waals surface area contributed by atoms with E-state index in [-0.39, 0.29) is 11.3 Å². The molecule has 0 saturated heterocycles. The number of benzene rings is 1. The largest absolute Gasteiger partial charge is 0.478 e. The van der Waals surface area contributed by atoms with Crippen molar-refractivity contribution in [1.82, 2.24) is 9.78 Å². The first kappa shape index (κ1) is 12.7. The van der Waals surface area contributed by atoms with Crippen molar-refractivity contribution in [3.8, 4) is 5.69 Å². The maximum atomic E-state index is 10.9. The number of aromatic carboxylic acids is 1. The van der Waals surface area contributed by atoms with Gasteiger partial charge in [-0.1, -0.05) is 0 Å². The Hall–Kier alpha value is -2.70. The average molecular weight is 261 g/mol. The van der Waals surface area contributed by atoms with Crippen molar-refractivity contribution in [3.63, 3.8) is 0 Å². The third-order valence-electron chi connectivity index (χ3n) is 2.65. The lowest BCUT2D eigenvalue weighted by Crippen LogP contribution is -1.98. The van der Waals surface area contributed by atoms with Gasteiger partial charge < -0.3 is 5.11 Å². The number of nitro benzene ring substituents is 1. The van der Waals surface area contributed by atoms with Crippen LogP contribution >= 0.6 is 0 Å². The molecule has 0 amide bonds. The Bertz CT molecular complexity index is 676. The Labute approximate surface area is 108 Å². The summed E-state index contributed by atoms with van der Waals surface area (Å²) in [6, 6.07) is 4.49. The molecule has 0 saturated carbocycles. The van der Waals surface area contributed by atoms with Crippen molar-refractivity contribution >= 4 is 11.7 Å². The SMILES string of the molecule is Cc1cc(-n2cc(C(=O)O)c(C)n2)cc([N+](=O)[O-])c1. The molecule has 0 fully saturated rings. The molecule has 98 valence electrons. The molecule has 1 aromatic carbocycles. The fraction of sp³-hybridized carbons (Fsp3) is 0.167. The van der Waals surface area contributed by atoms with E-state index in [1.165, 1.54) is 23.0 Å². The number of non-ortho nitro benzene ring substituents is 1. The zero-order chi connectivity index (χ0) is 14.2. The van der Waals surface area contributed by atoms with Crippen molar-refractivity contribution in [2.24, 2.45) is 0 Å². The molecule has 1 heterocycles. The van der Waals surface area contributed by atoms with Crippen molar-refractivity contribution in [1.29, 1.82) is 0 Å². The summed E-state index contributed by atoms with van der Waals surface area (Å²) in [7, 11) is 0. The fourth-order valence-corrected chi connectivity index (χ4v) is 1.78. The Morgan fingerprint density at radius 3 is 2.58 bits per heavy atom. The third kappa shape index (κ3) is 2.44. The summed E-state index contributed by atoms with van der Waals surface area (Å²) in [5.74, 6) is -1.08. The smallest absolute Gasteiger partial charge is 0.339 e. The molecule has 0 bridgehead atoms. The van der Waals surface area contributed by atoms with Crippen LogP contribution in [0, 0.1) is 24.0 Å². The number of carboxylic acid groups (broad SMARTS) is 1. The highest BCUT2D eigenvalue weighted by atomic mass is 16.6. The third-order valence-corrected chi connectivity index (χ3v) is 2.65. The zero-order valence-electron chi connectivity index (χ0n) is 10.3. The molecular formula is C12H11N3O4. The number of rotatable bonds is 3. The Morgan fingerprint density at radius 2 is 2.05 bits per heavy atom. The number of carboxylic acids is 1. The van der Waals surface area contributed by atoms with Gasteiger partial charge in [0.1, 0.15) is 5.56 Å². The molecule has 7 heteroatoms. The molecule has 1 aromatic heterocycles. The van der Waals surface area contributed by atoms with Crippen molar-refractivity contribution < 1.29 is 14.8 Å². The van der Waals surface area contributed by atoms with Gasteiger partial charge in [-0.3, -0.25) is 10.1 Å². The Kier molecular flexibility index (Phi) is 3.04. The summed E-state index contributed by atoms with van der Waals surface area (Å²) >= 11 is 0. The van der Waals surface area contributed by atoms with Crippen LogP contribution in [0.25, 0.3) is 5.69 Å². The lowest BCUT2D eigenvalue weighted by Gasteiger charge is -2.02. The highest BCUT2D eigenvalue weighted by Crippen LogP contribution is 2.20. The second kappa shape index (κ2) is 4.52. The Morgan fingerprint density at radius 1 is 1.37 bits per heavy atom. The monoisotopic (exact) mass is 261 g/mol. The molecule has 0 aliphatic heterocycles. The normalized spacial score (nSPS) is 10.4. The summed E-state index contributed by atoms with van der Waals surface area (Å²) in [6.45, 7) is 3.30. The van der Waals surface area contributed by atoms with Gasteiger partial charge in [0, 0.05) is 18.3 Å². The topological polar surface area (TPSA) is 98.3 Å². The van der Waals surface area contributed by atoms with Crippen LogP contribution in [-0.4, -0.2) is 25.8 Å². The molecule has 0 aliphatic rings. The van der Waals surface area contributed by atoms with E-state index in [1.807, 2.05) is 0 Å². The lowest BCUT2D eigenvalue weighted by molar-refractivity contribution is -0.384. The molecule has 19 heavy (non-hydrogen) atoms.